The lowest BCUT2D eigenvalue weighted by atomic mass is 10.0. The monoisotopic (exact) mass is 619 g/mol. The Morgan fingerprint density at radius 1 is 1.07 bits per heavy atom. The van der Waals surface area contributed by atoms with Gasteiger partial charge in [0.25, 0.3) is 0 Å². The number of benzene rings is 2. The lowest BCUT2D eigenvalue weighted by Gasteiger charge is -2.33. The van der Waals surface area contributed by atoms with Crippen LogP contribution in [0.15, 0.2) is 59.5 Å². The molecule has 238 valence electrons. The molecular weight excluding hydrogens is 574 g/mol. The second-order valence-electron chi connectivity index (χ2n) is 10.9. The Labute approximate surface area is 254 Å². The van der Waals surface area contributed by atoms with Crippen molar-refractivity contribution >= 4 is 27.8 Å². The lowest BCUT2D eigenvalue weighted by molar-refractivity contribution is -0.151. The molecule has 1 saturated heterocycles. The summed E-state index contributed by atoms with van der Waals surface area (Å²) in [5, 5.41) is 5.92. The van der Waals surface area contributed by atoms with Crippen molar-refractivity contribution in [3.8, 4) is 0 Å². The summed E-state index contributed by atoms with van der Waals surface area (Å²) >= 11 is 0. The molecule has 13 heteroatoms. The predicted octanol–water partition coefficient (Wildman–Crippen LogP) is 1.89. The molecule has 2 aromatic rings. The third-order valence-electron chi connectivity index (χ3n) is 6.79. The Balaban J connectivity index is 1.94. The van der Waals surface area contributed by atoms with Gasteiger partial charge in [0, 0.05) is 38.3 Å². The molecule has 0 spiro atoms. The van der Waals surface area contributed by atoms with Crippen molar-refractivity contribution in [2.45, 2.75) is 56.3 Å². The molecule has 0 bridgehead atoms. The third kappa shape index (κ3) is 11.4. The number of ether oxygens (including phenoxy) is 3. The minimum atomic E-state index is -4.02. The zero-order chi connectivity index (χ0) is 31.2. The second kappa shape index (κ2) is 17.2. The van der Waals surface area contributed by atoms with Crippen molar-refractivity contribution in [2.75, 3.05) is 51.7 Å². The number of nitrogens with one attached hydrogen (secondary N) is 2. The molecule has 2 aromatic carbocycles. The van der Waals surface area contributed by atoms with Gasteiger partial charge in [-0.3, -0.25) is 4.79 Å². The maximum Gasteiger partial charge on any atom is 0.407 e. The predicted molar refractivity (Wildman–Crippen MR) is 164 cm³/mol. The van der Waals surface area contributed by atoms with Crippen LogP contribution in [-0.2, 0) is 35.4 Å². The first-order chi connectivity index (χ1) is 20.6. The number of esters is 1. The molecule has 0 radical (unpaired) electrons. The minimum Gasteiger partial charge on any atom is -0.459 e. The number of alkyl carbamates (subject to hydrolysis) is 1. The number of carbonyl (C=O) groups excluding carboxylic acids is 2. The van der Waals surface area contributed by atoms with E-state index in [-0.39, 0.29) is 36.7 Å². The fourth-order valence-corrected chi connectivity index (χ4v) is 6.26. The van der Waals surface area contributed by atoms with E-state index < -0.39 is 40.3 Å². The molecule has 1 aliphatic heterocycles. The summed E-state index contributed by atoms with van der Waals surface area (Å²) in [5.74, 6) is -0.588. The number of nitrogens with zero attached hydrogens (tertiary/aromatic N) is 1. The highest BCUT2D eigenvalue weighted by Crippen LogP contribution is 2.22. The van der Waals surface area contributed by atoms with Gasteiger partial charge in [0.15, 0.2) is 0 Å². The smallest absolute Gasteiger partial charge is 0.407 e. The highest BCUT2D eigenvalue weighted by atomic mass is 32.2. The van der Waals surface area contributed by atoms with Crippen molar-refractivity contribution in [3.05, 3.63) is 60.2 Å². The highest BCUT2D eigenvalue weighted by Gasteiger charge is 2.35. The van der Waals surface area contributed by atoms with Gasteiger partial charge in [-0.05, 0) is 42.2 Å². The number of amides is 1. The number of sulfonamides is 1. The molecule has 12 nitrogen and oxygen atoms in total. The quantitative estimate of drug-likeness (QED) is 0.116. The fourth-order valence-electron chi connectivity index (χ4n) is 4.65. The Morgan fingerprint density at radius 2 is 1.79 bits per heavy atom. The molecule has 1 aliphatic rings. The summed E-state index contributed by atoms with van der Waals surface area (Å²) in [6, 6.07) is 14.5. The number of rotatable bonds is 17. The van der Waals surface area contributed by atoms with E-state index in [0.29, 0.717) is 45.0 Å². The maximum absolute atomic E-state index is 13.9. The molecule has 6 N–H and O–H groups in total. The van der Waals surface area contributed by atoms with Crippen molar-refractivity contribution in [1.82, 2.24) is 14.9 Å². The third-order valence-corrected chi connectivity index (χ3v) is 8.64. The molecule has 0 saturated carbocycles. The standard InChI is InChI=1S/C30H45N5O7S/c1-22(2)19-35(43(38,39)26-10-8-24(32)9-11-26)20-28(42-29(36)12-15-33-16-14-31)27(18-23-6-4-3-5-7-23)34-30(37)41-25-13-17-40-21-25/h3-11,22,25,27-28,33H,12-21,31-32H2,1-2H3,(H,34,37)/t25-,27-,28+/m0/s1. The van der Waals surface area contributed by atoms with Crippen LogP contribution in [0.1, 0.15) is 32.3 Å². The van der Waals surface area contributed by atoms with E-state index in [1.54, 1.807) is 0 Å². The number of nitrogen functional groups attached to an aromatic ring is 1. The summed E-state index contributed by atoms with van der Waals surface area (Å²) in [6.07, 6.45) is -1.26. The molecule has 43 heavy (non-hydrogen) atoms. The summed E-state index contributed by atoms with van der Waals surface area (Å²) in [4.78, 5) is 26.2. The van der Waals surface area contributed by atoms with Gasteiger partial charge in [-0.25, -0.2) is 13.2 Å². The van der Waals surface area contributed by atoms with Crippen LogP contribution >= 0.6 is 0 Å². The molecule has 0 unspecified atom stereocenters. The Bertz CT molecular complexity index is 1240. The van der Waals surface area contributed by atoms with E-state index in [1.165, 1.54) is 28.6 Å². The second-order valence-corrected chi connectivity index (χ2v) is 12.9. The van der Waals surface area contributed by atoms with Gasteiger partial charge in [0.2, 0.25) is 10.0 Å². The van der Waals surface area contributed by atoms with Crippen LogP contribution < -0.4 is 22.1 Å². The van der Waals surface area contributed by atoms with Crippen LogP contribution in [0.25, 0.3) is 0 Å². The molecule has 0 aliphatic carbocycles. The summed E-state index contributed by atoms with van der Waals surface area (Å²) in [7, 11) is -4.02. The normalized spacial score (nSPS) is 16.6. The SMILES string of the molecule is CC(C)CN(C[C@@H](OC(=O)CCNCCN)[C@H](Cc1ccccc1)NC(=O)O[C@H]1CCOC1)S(=O)(=O)c1ccc(N)cc1. The first-order valence-corrected chi connectivity index (χ1v) is 16.1. The summed E-state index contributed by atoms with van der Waals surface area (Å²) < 4.78 is 45.9. The number of carbonyl (C=O) groups is 2. The van der Waals surface area contributed by atoms with E-state index in [4.69, 9.17) is 25.7 Å². The highest BCUT2D eigenvalue weighted by molar-refractivity contribution is 7.89. The molecule has 1 amide bonds. The minimum absolute atomic E-state index is 0.0350. The van der Waals surface area contributed by atoms with Crippen LogP contribution in [0, 0.1) is 5.92 Å². The number of hydrogen-bond donors (Lipinski definition) is 4. The Morgan fingerprint density at radius 3 is 2.42 bits per heavy atom. The van der Waals surface area contributed by atoms with Crippen molar-refractivity contribution in [2.24, 2.45) is 11.7 Å². The molecule has 3 rings (SSSR count). The van der Waals surface area contributed by atoms with Gasteiger partial charge in [0.05, 0.1) is 37.1 Å². The van der Waals surface area contributed by atoms with Gasteiger partial charge in [-0.2, -0.15) is 4.31 Å². The molecule has 1 heterocycles. The topological polar surface area (TPSA) is 175 Å². The van der Waals surface area contributed by atoms with Crippen molar-refractivity contribution in [3.63, 3.8) is 0 Å². The summed E-state index contributed by atoms with van der Waals surface area (Å²) in [6.45, 7) is 5.84. The van der Waals surface area contributed by atoms with Crippen molar-refractivity contribution in [1.29, 1.82) is 0 Å². The van der Waals surface area contributed by atoms with Crippen LogP contribution in [0.4, 0.5) is 10.5 Å². The van der Waals surface area contributed by atoms with Gasteiger partial charge in [-0.15, -0.1) is 0 Å². The zero-order valence-electron chi connectivity index (χ0n) is 24.9. The summed E-state index contributed by atoms with van der Waals surface area (Å²) in [5.41, 5.74) is 12.6. The van der Waals surface area contributed by atoms with Crippen LogP contribution in [0.2, 0.25) is 0 Å². The first-order valence-electron chi connectivity index (χ1n) is 14.6. The largest absolute Gasteiger partial charge is 0.459 e. The van der Waals surface area contributed by atoms with E-state index in [9.17, 15) is 18.0 Å². The number of nitrogens with two attached hydrogens (primary N) is 2. The maximum atomic E-state index is 13.9. The molecule has 3 atom stereocenters. The van der Waals surface area contributed by atoms with Gasteiger partial charge < -0.3 is 36.3 Å². The van der Waals surface area contributed by atoms with Crippen LogP contribution in [-0.4, -0.2) is 89.0 Å². The van der Waals surface area contributed by atoms with Crippen LogP contribution in [0.3, 0.4) is 0 Å². The van der Waals surface area contributed by atoms with Crippen molar-refractivity contribution < 1.29 is 32.2 Å². The number of anilines is 1. The van der Waals surface area contributed by atoms with Crippen LogP contribution in [0.5, 0.6) is 0 Å². The molecular formula is C30H45N5O7S. The van der Waals surface area contributed by atoms with E-state index in [1.807, 2.05) is 44.2 Å². The lowest BCUT2D eigenvalue weighted by Crippen LogP contribution is -2.53. The number of hydrogen-bond acceptors (Lipinski definition) is 10. The fraction of sp³-hybridized carbons (Fsp3) is 0.533. The average Bonchev–Trinajstić information content (AvgIpc) is 3.47. The average molecular weight is 620 g/mol. The Kier molecular flexibility index (Phi) is 13.7. The zero-order valence-corrected chi connectivity index (χ0v) is 25.8. The Hall–Kier alpha value is -3.23. The van der Waals surface area contributed by atoms with E-state index in [2.05, 4.69) is 10.6 Å². The van der Waals surface area contributed by atoms with Gasteiger partial charge in [-0.1, -0.05) is 44.2 Å². The molecule has 0 aromatic heterocycles. The van der Waals surface area contributed by atoms with E-state index in [0.717, 1.165) is 5.56 Å². The van der Waals surface area contributed by atoms with Gasteiger partial charge in [0.1, 0.15) is 12.2 Å². The molecule has 1 fully saturated rings. The van der Waals surface area contributed by atoms with E-state index >= 15 is 0 Å². The van der Waals surface area contributed by atoms with Gasteiger partial charge >= 0.3 is 12.1 Å². The first kappa shape index (κ1) is 34.3.